The van der Waals surface area contributed by atoms with Gasteiger partial charge in [0.05, 0.1) is 23.9 Å². The molecule has 3 aromatic rings. The minimum atomic E-state index is -0.893. The SMILES string of the molecule is COc1ccccc1/C=C1\C[C@@H](C)Cc2c1nc1ccccc1c2C(=O)O. The number of carboxylic acid groups (broad SMARTS) is 1. The minimum Gasteiger partial charge on any atom is -0.496 e. The summed E-state index contributed by atoms with van der Waals surface area (Å²) in [6, 6.07) is 15.3. The van der Waals surface area contributed by atoms with Crippen LogP contribution in [0.3, 0.4) is 0 Å². The molecule has 0 fully saturated rings. The number of rotatable bonds is 3. The van der Waals surface area contributed by atoms with Gasteiger partial charge in [0, 0.05) is 10.9 Å². The van der Waals surface area contributed by atoms with E-state index in [0.29, 0.717) is 22.4 Å². The van der Waals surface area contributed by atoms with E-state index in [9.17, 15) is 9.90 Å². The average Bonchev–Trinajstić information content (AvgIpc) is 2.66. The van der Waals surface area contributed by atoms with Crippen molar-refractivity contribution in [2.75, 3.05) is 7.11 Å². The Morgan fingerprint density at radius 2 is 1.89 bits per heavy atom. The first-order valence-corrected chi connectivity index (χ1v) is 9.07. The number of carbonyl (C=O) groups is 1. The first kappa shape index (κ1) is 17.3. The van der Waals surface area contributed by atoms with E-state index in [0.717, 1.165) is 41.0 Å². The number of aromatic carboxylic acids is 1. The van der Waals surface area contributed by atoms with Crippen molar-refractivity contribution >= 4 is 28.5 Å². The number of nitrogens with zero attached hydrogens (tertiary/aromatic N) is 1. The lowest BCUT2D eigenvalue weighted by Gasteiger charge is -2.26. The molecule has 0 saturated heterocycles. The van der Waals surface area contributed by atoms with Crippen molar-refractivity contribution in [3.8, 4) is 5.75 Å². The molecule has 4 nitrogen and oxygen atoms in total. The number of aromatic nitrogens is 1. The Balaban J connectivity index is 1.99. The summed E-state index contributed by atoms with van der Waals surface area (Å²) in [5.74, 6) is 0.249. The van der Waals surface area contributed by atoms with Crippen molar-refractivity contribution in [2.24, 2.45) is 5.92 Å². The summed E-state index contributed by atoms with van der Waals surface area (Å²) in [5, 5.41) is 10.6. The maximum atomic E-state index is 12.1. The summed E-state index contributed by atoms with van der Waals surface area (Å²) in [6.07, 6.45) is 3.66. The highest BCUT2D eigenvalue weighted by Crippen LogP contribution is 2.39. The van der Waals surface area contributed by atoms with Gasteiger partial charge in [-0.3, -0.25) is 0 Å². The van der Waals surface area contributed by atoms with Crippen molar-refractivity contribution in [2.45, 2.75) is 19.8 Å². The highest BCUT2D eigenvalue weighted by atomic mass is 16.5. The van der Waals surface area contributed by atoms with Crippen LogP contribution in [-0.4, -0.2) is 23.2 Å². The monoisotopic (exact) mass is 359 g/mol. The molecule has 1 heterocycles. The first-order chi connectivity index (χ1) is 13.1. The Kier molecular flexibility index (Phi) is 4.40. The van der Waals surface area contributed by atoms with E-state index in [2.05, 4.69) is 13.0 Å². The third kappa shape index (κ3) is 3.08. The van der Waals surface area contributed by atoms with Crippen LogP contribution in [0.25, 0.3) is 22.6 Å². The molecule has 1 aliphatic carbocycles. The van der Waals surface area contributed by atoms with Gasteiger partial charge in [-0.15, -0.1) is 0 Å². The van der Waals surface area contributed by atoms with Crippen LogP contribution in [0.5, 0.6) is 5.75 Å². The van der Waals surface area contributed by atoms with Gasteiger partial charge >= 0.3 is 5.97 Å². The zero-order chi connectivity index (χ0) is 19.0. The summed E-state index contributed by atoms with van der Waals surface area (Å²) in [5.41, 5.74) is 4.77. The molecule has 0 radical (unpaired) electrons. The van der Waals surface area contributed by atoms with Gasteiger partial charge in [0.2, 0.25) is 0 Å². The molecule has 0 amide bonds. The number of pyridine rings is 1. The molecular formula is C23H21NO3. The van der Waals surface area contributed by atoms with E-state index in [1.165, 1.54) is 0 Å². The van der Waals surface area contributed by atoms with Gasteiger partial charge in [-0.2, -0.15) is 0 Å². The lowest BCUT2D eigenvalue weighted by molar-refractivity contribution is 0.0697. The Morgan fingerprint density at radius 3 is 2.67 bits per heavy atom. The summed E-state index contributed by atoms with van der Waals surface area (Å²) in [4.78, 5) is 16.9. The Morgan fingerprint density at radius 1 is 1.15 bits per heavy atom. The molecule has 2 aromatic carbocycles. The van der Waals surface area contributed by atoms with Crippen molar-refractivity contribution in [1.29, 1.82) is 0 Å². The molecular weight excluding hydrogens is 338 g/mol. The van der Waals surface area contributed by atoms with Crippen molar-refractivity contribution < 1.29 is 14.6 Å². The molecule has 27 heavy (non-hydrogen) atoms. The summed E-state index contributed by atoms with van der Waals surface area (Å²) in [6.45, 7) is 2.15. The van der Waals surface area contributed by atoms with Crippen LogP contribution in [0.4, 0.5) is 0 Å². The molecule has 0 aliphatic heterocycles. The van der Waals surface area contributed by atoms with E-state index < -0.39 is 5.97 Å². The molecule has 0 saturated carbocycles. The van der Waals surface area contributed by atoms with E-state index in [1.807, 2.05) is 48.5 Å². The quantitative estimate of drug-likeness (QED) is 0.710. The normalized spacial score (nSPS) is 17.7. The van der Waals surface area contributed by atoms with Crippen LogP contribution >= 0.6 is 0 Å². The average molecular weight is 359 g/mol. The second kappa shape index (κ2) is 6.88. The van der Waals surface area contributed by atoms with Gasteiger partial charge in [-0.25, -0.2) is 9.78 Å². The largest absolute Gasteiger partial charge is 0.496 e. The molecule has 4 heteroatoms. The molecule has 1 N–H and O–H groups in total. The number of carboxylic acids is 1. The zero-order valence-electron chi connectivity index (χ0n) is 15.4. The van der Waals surface area contributed by atoms with Crippen LogP contribution in [0.15, 0.2) is 48.5 Å². The summed E-state index contributed by atoms with van der Waals surface area (Å²) >= 11 is 0. The fourth-order valence-corrected chi connectivity index (χ4v) is 3.95. The second-order valence-corrected chi connectivity index (χ2v) is 7.06. The first-order valence-electron chi connectivity index (χ1n) is 9.07. The number of allylic oxidation sites excluding steroid dienone is 1. The molecule has 1 aliphatic rings. The number of fused-ring (bicyclic) bond motifs is 2. The standard InChI is InChI=1S/C23H21NO3/c1-14-11-16(13-15-7-3-6-10-20(15)27-2)22-18(12-14)21(23(25)26)17-8-4-5-9-19(17)24-22/h3-10,13-14H,11-12H2,1-2H3,(H,25,26)/b16-13+/t14-/m1/s1. The Labute approximate surface area is 158 Å². The highest BCUT2D eigenvalue weighted by Gasteiger charge is 2.28. The van der Waals surface area contributed by atoms with Gasteiger partial charge < -0.3 is 9.84 Å². The van der Waals surface area contributed by atoms with Gasteiger partial charge in [0.1, 0.15) is 5.75 Å². The number of hydrogen-bond donors (Lipinski definition) is 1. The summed E-state index contributed by atoms with van der Waals surface area (Å²) in [7, 11) is 1.66. The van der Waals surface area contributed by atoms with Gasteiger partial charge in [0.25, 0.3) is 0 Å². The fourth-order valence-electron chi connectivity index (χ4n) is 3.95. The second-order valence-electron chi connectivity index (χ2n) is 7.06. The van der Waals surface area contributed by atoms with Crippen molar-refractivity contribution in [3.63, 3.8) is 0 Å². The Bertz CT molecular complexity index is 1070. The predicted octanol–water partition coefficient (Wildman–Crippen LogP) is 5.06. The summed E-state index contributed by atoms with van der Waals surface area (Å²) < 4.78 is 5.47. The van der Waals surface area contributed by atoms with Gasteiger partial charge in [-0.05, 0) is 48.1 Å². The van der Waals surface area contributed by atoms with Crippen molar-refractivity contribution in [3.05, 3.63) is 70.9 Å². The highest BCUT2D eigenvalue weighted by molar-refractivity contribution is 6.06. The van der Waals surface area contributed by atoms with Crippen LogP contribution in [0, 0.1) is 5.92 Å². The lowest BCUT2D eigenvalue weighted by atomic mass is 9.80. The lowest BCUT2D eigenvalue weighted by Crippen LogP contribution is -2.17. The third-order valence-electron chi connectivity index (χ3n) is 5.10. The number of benzene rings is 2. The van der Waals surface area contributed by atoms with Crippen LogP contribution in [0.2, 0.25) is 0 Å². The topological polar surface area (TPSA) is 59.4 Å². The molecule has 0 unspecified atom stereocenters. The molecule has 136 valence electrons. The van der Waals surface area contributed by atoms with Crippen LogP contribution < -0.4 is 4.74 Å². The number of ether oxygens (including phenoxy) is 1. The third-order valence-corrected chi connectivity index (χ3v) is 5.10. The molecule has 1 atom stereocenters. The smallest absolute Gasteiger partial charge is 0.336 e. The zero-order valence-corrected chi connectivity index (χ0v) is 15.4. The van der Waals surface area contributed by atoms with E-state index in [-0.39, 0.29) is 0 Å². The molecule has 0 spiro atoms. The number of hydrogen-bond acceptors (Lipinski definition) is 3. The van der Waals surface area contributed by atoms with E-state index >= 15 is 0 Å². The molecule has 0 bridgehead atoms. The van der Waals surface area contributed by atoms with E-state index in [4.69, 9.17) is 9.72 Å². The maximum absolute atomic E-state index is 12.1. The van der Waals surface area contributed by atoms with Gasteiger partial charge in [-0.1, -0.05) is 43.3 Å². The fraction of sp³-hybridized carbons (Fsp3) is 0.217. The van der Waals surface area contributed by atoms with Crippen LogP contribution in [-0.2, 0) is 6.42 Å². The van der Waals surface area contributed by atoms with Crippen molar-refractivity contribution in [1.82, 2.24) is 4.98 Å². The Hall–Kier alpha value is -3.14. The predicted molar refractivity (Wildman–Crippen MR) is 107 cm³/mol. The number of methoxy groups -OCH3 is 1. The minimum absolute atomic E-state index is 0.347. The van der Waals surface area contributed by atoms with Gasteiger partial charge in [0.15, 0.2) is 0 Å². The molecule has 1 aromatic heterocycles. The molecule has 4 rings (SSSR count). The van der Waals surface area contributed by atoms with E-state index in [1.54, 1.807) is 7.11 Å². The number of para-hydroxylation sites is 2. The van der Waals surface area contributed by atoms with Crippen LogP contribution in [0.1, 0.15) is 40.5 Å². The maximum Gasteiger partial charge on any atom is 0.336 e.